The maximum Gasteiger partial charge on any atom is 0.405 e. The smallest absolute Gasteiger partial charge is 0.354 e. The number of carbonyl (C=O) groups is 3. The van der Waals surface area contributed by atoms with Crippen LogP contribution in [0.15, 0.2) is 24.3 Å². The molecular formula is C18H22ClF3N4O3. The maximum atomic E-state index is 13.3. The van der Waals surface area contributed by atoms with Crippen LogP contribution in [0.4, 0.5) is 13.2 Å². The van der Waals surface area contributed by atoms with E-state index in [0.717, 1.165) is 4.90 Å². The van der Waals surface area contributed by atoms with E-state index in [-0.39, 0.29) is 49.6 Å². The molecule has 11 heteroatoms. The molecule has 3 amide bonds. The number of nitrogens with one attached hydrogen (secondary N) is 2. The highest BCUT2D eigenvalue weighted by atomic mass is 35.5. The average Bonchev–Trinajstić information content (AvgIpc) is 2.91. The molecule has 29 heavy (non-hydrogen) atoms. The summed E-state index contributed by atoms with van der Waals surface area (Å²) in [6.07, 6.45) is -4.72. The Morgan fingerprint density at radius 1 is 1.10 bits per heavy atom. The van der Waals surface area contributed by atoms with Gasteiger partial charge in [-0.25, -0.2) is 0 Å². The number of fused-ring (bicyclic) bond motifs is 1. The Kier molecular flexibility index (Phi) is 7.61. The molecule has 1 unspecified atom stereocenters. The first-order valence-corrected chi connectivity index (χ1v) is 9.02. The topological polar surface area (TPSA) is 81.8 Å². The van der Waals surface area contributed by atoms with Crippen LogP contribution in [-0.4, -0.2) is 79.0 Å². The van der Waals surface area contributed by atoms with Gasteiger partial charge in [-0.2, -0.15) is 13.2 Å². The van der Waals surface area contributed by atoms with Crippen molar-refractivity contribution in [3.05, 3.63) is 35.4 Å². The first-order valence-electron chi connectivity index (χ1n) is 9.02. The monoisotopic (exact) mass is 434 g/mol. The van der Waals surface area contributed by atoms with Gasteiger partial charge < -0.3 is 10.6 Å². The second kappa shape index (κ2) is 9.55. The molecule has 0 spiro atoms. The predicted molar refractivity (Wildman–Crippen MR) is 101 cm³/mol. The van der Waals surface area contributed by atoms with Crippen LogP contribution >= 0.6 is 12.4 Å². The maximum absolute atomic E-state index is 13.3. The lowest BCUT2D eigenvalue weighted by Gasteiger charge is -2.35. The number of piperazine rings is 1. The number of hydrogen-bond donors (Lipinski definition) is 2. The van der Waals surface area contributed by atoms with Crippen LogP contribution in [0, 0.1) is 0 Å². The minimum atomic E-state index is -4.47. The molecule has 1 fully saturated rings. The Hall–Kier alpha value is -2.17. The molecule has 2 aliphatic heterocycles. The van der Waals surface area contributed by atoms with Crippen molar-refractivity contribution in [3.63, 3.8) is 0 Å². The zero-order chi connectivity index (χ0) is 20.3. The largest absolute Gasteiger partial charge is 0.405 e. The van der Waals surface area contributed by atoms with Gasteiger partial charge in [0.25, 0.3) is 11.8 Å². The van der Waals surface area contributed by atoms with Gasteiger partial charge in [-0.15, -0.1) is 12.4 Å². The number of alkyl halides is 3. The quantitative estimate of drug-likeness (QED) is 0.654. The zero-order valence-corrected chi connectivity index (χ0v) is 16.3. The van der Waals surface area contributed by atoms with E-state index < -0.39 is 36.5 Å². The van der Waals surface area contributed by atoms with Crippen molar-refractivity contribution in [2.75, 3.05) is 39.3 Å². The molecule has 0 aliphatic carbocycles. The molecule has 0 saturated carbocycles. The Bertz CT molecular complexity index is 734. The summed E-state index contributed by atoms with van der Waals surface area (Å²) in [5.41, 5.74) is 0.535. The molecule has 0 aromatic heterocycles. The fourth-order valence-corrected chi connectivity index (χ4v) is 3.40. The van der Waals surface area contributed by atoms with Crippen molar-refractivity contribution >= 4 is 30.1 Å². The molecule has 1 saturated heterocycles. The van der Waals surface area contributed by atoms with E-state index in [1.54, 1.807) is 12.1 Å². The standard InChI is InChI=1S/C18H21F3N4O3.ClH/c19-18(20,21)14(24-9-6-22-7-10-24)11-23-15(26)5-8-25-16(27)12-3-1-2-4-13(12)17(25)28;/h1-4,14,22H,5-11H2,(H,23,26);1H. The van der Waals surface area contributed by atoms with Crippen LogP contribution in [0.3, 0.4) is 0 Å². The normalized spacial score (nSPS) is 18.2. The number of halogens is 4. The van der Waals surface area contributed by atoms with Gasteiger partial charge in [0.2, 0.25) is 5.91 Å². The van der Waals surface area contributed by atoms with Gasteiger partial charge in [0, 0.05) is 45.7 Å². The van der Waals surface area contributed by atoms with Crippen molar-refractivity contribution in [3.8, 4) is 0 Å². The highest BCUT2D eigenvalue weighted by Gasteiger charge is 2.44. The first kappa shape index (κ1) is 23.1. The van der Waals surface area contributed by atoms with E-state index in [4.69, 9.17) is 0 Å². The molecular weight excluding hydrogens is 413 g/mol. The minimum Gasteiger partial charge on any atom is -0.354 e. The van der Waals surface area contributed by atoms with Crippen molar-refractivity contribution in [1.29, 1.82) is 0 Å². The van der Waals surface area contributed by atoms with Gasteiger partial charge >= 0.3 is 6.18 Å². The second-order valence-electron chi connectivity index (χ2n) is 6.70. The third kappa shape index (κ3) is 5.26. The number of carbonyl (C=O) groups excluding carboxylic acids is 3. The third-order valence-electron chi connectivity index (χ3n) is 4.90. The molecule has 0 radical (unpaired) electrons. The van der Waals surface area contributed by atoms with Gasteiger partial charge in [0.05, 0.1) is 11.1 Å². The molecule has 1 atom stereocenters. The molecule has 2 N–H and O–H groups in total. The van der Waals surface area contributed by atoms with Crippen LogP contribution < -0.4 is 10.6 Å². The van der Waals surface area contributed by atoms with E-state index in [2.05, 4.69) is 10.6 Å². The summed E-state index contributed by atoms with van der Waals surface area (Å²) in [5, 5.41) is 5.28. The van der Waals surface area contributed by atoms with Gasteiger partial charge in [-0.05, 0) is 12.1 Å². The number of hydrogen-bond acceptors (Lipinski definition) is 5. The molecule has 7 nitrogen and oxygen atoms in total. The SMILES string of the molecule is Cl.O=C(CCN1C(=O)c2ccccc2C1=O)NCC(N1CCNCC1)C(F)(F)F. The number of nitrogens with zero attached hydrogens (tertiary/aromatic N) is 2. The van der Waals surface area contributed by atoms with E-state index in [0.29, 0.717) is 13.1 Å². The van der Waals surface area contributed by atoms with Gasteiger partial charge in [0.15, 0.2) is 0 Å². The lowest BCUT2D eigenvalue weighted by atomic mass is 10.1. The molecule has 2 aliphatic rings. The summed E-state index contributed by atoms with van der Waals surface area (Å²) in [5.74, 6) is -1.63. The summed E-state index contributed by atoms with van der Waals surface area (Å²) in [4.78, 5) is 38.8. The predicted octanol–water partition coefficient (Wildman–Crippen LogP) is 1.05. The van der Waals surface area contributed by atoms with E-state index in [9.17, 15) is 27.6 Å². The van der Waals surface area contributed by atoms with Crippen molar-refractivity contribution in [2.24, 2.45) is 0 Å². The Balaban J connectivity index is 0.00000300. The Morgan fingerprint density at radius 3 is 2.17 bits per heavy atom. The number of imide groups is 1. The summed E-state index contributed by atoms with van der Waals surface area (Å²) in [6, 6.07) is 4.55. The Morgan fingerprint density at radius 2 is 1.66 bits per heavy atom. The zero-order valence-electron chi connectivity index (χ0n) is 15.5. The molecule has 0 bridgehead atoms. The lowest BCUT2D eigenvalue weighted by Crippen LogP contribution is -2.57. The summed E-state index contributed by atoms with van der Waals surface area (Å²) in [7, 11) is 0. The molecule has 2 heterocycles. The highest BCUT2D eigenvalue weighted by molar-refractivity contribution is 6.21. The summed E-state index contributed by atoms with van der Waals surface area (Å²) >= 11 is 0. The number of amides is 3. The summed E-state index contributed by atoms with van der Waals surface area (Å²) in [6.45, 7) is 0.664. The van der Waals surface area contributed by atoms with Crippen LogP contribution in [-0.2, 0) is 4.79 Å². The van der Waals surface area contributed by atoms with E-state index >= 15 is 0 Å². The van der Waals surface area contributed by atoms with Crippen LogP contribution in [0.25, 0.3) is 0 Å². The van der Waals surface area contributed by atoms with Crippen LogP contribution in [0.5, 0.6) is 0 Å². The number of benzene rings is 1. The number of rotatable bonds is 6. The van der Waals surface area contributed by atoms with E-state index in [1.165, 1.54) is 17.0 Å². The molecule has 1 aromatic rings. The minimum absolute atomic E-state index is 0. The molecule has 3 rings (SSSR count). The lowest BCUT2D eigenvalue weighted by molar-refractivity contribution is -0.184. The van der Waals surface area contributed by atoms with Crippen LogP contribution in [0.1, 0.15) is 27.1 Å². The first-order chi connectivity index (χ1) is 13.3. The summed E-state index contributed by atoms with van der Waals surface area (Å²) < 4.78 is 40.0. The highest BCUT2D eigenvalue weighted by Crippen LogP contribution is 2.25. The Labute approximate surface area is 172 Å². The van der Waals surface area contributed by atoms with Crippen LogP contribution in [0.2, 0.25) is 0 Å². The van der Waals surface area contributed by atoms with Crippen molar-refractivity contribution in [1.82, 2.24) is 20.4 Å². The fourth-order valence-electron chi connectivity index (χ4n) is 3.40. The van der Waals surface area contributed by atoms with Crippen molar-refractivity contribution in [2.45, 2.75) is 18.6 Å². The van der Waals surface area contributed by atoms with Gasteiger partial charge in [-0.3, -0.25) is 24.2 Å². The van der Waals surface area contributed by atoms with Gasteiger partial charge in [-0.1, -0.05) is 12.1 Å². The third-order valence-corrected chi connectivity index (χ3v) is 4.90. The average molecular weight is 435 g/mol. The van der Waals surface area contributed by atoms with Crippen molar-refractivity contribution < 1.29 is 27.6 Å². The molecule has 160 valence electrons. The van der Waals surface area contributed by atoms with Gasteiger partial charge in [0.1, 0.15) is 6.04 Å². The van der Waals surface area contributed by atoms with E-state index in [1.807, 2.05) is 0 Å². The fraction of sp³-hybridized carbons (Fsp3) is 0.500. The molecule has 1 aromatic carbocycles. The second-order valence-corrected chi connectivity index (χ2v) is 6.70.